The summed E-state index contributed by atoms with van der Waals surface area (Å²) in [6.07, 6.45) is 0.880. The van der Waals surface area contributed by atoms with E-state index in [1.165, 1.54) is 12.1 Å². The Hall–Kier alpha value is -4.00. The molecule has 0 N–H and O–H groups in total. The Morgan fingerprint density at radius 3 is 2.42 bits per heavy atom. The van der Waals surface area contributed by atoms with Crippen LogP contribution >= 0.6 is 0 Å². The molecular formula is C26H25N3O4. The number of nitrogens with zero attached hydrogens (tertiary/aromatic N) is 3. The van der Waals surface area contributed by atoms with Gasteiger partial charge in [0.2, 0.25) is 5.91 Å². The van der Waals surface area contributed by atoms with E-state index in [9.17, 15) is 19.7 Å². The van der Waals surface area contributed by atoms with E-state index in [1.54, 1.807) is 46.2 Å². The van der Waals surface area contributed by atoms with Crippen molar-refractivity contribution in [1.29, 1.82) is 0 Å². The van der Waals surface area contributed by atoms with Crippen molar-refractivity contribution in [3.63, 3.8) is 0 Å². The number of carbonyl (C=O) groups excluding carboxylic acids is 2. The normalized spacial score (nSPS) is 17.2. The third-order valence-corrected chi connectivity index (χ3v) is 6.00. The molecule has 0 unspecified atom stereocenters. The van der Waals surface area contributed by atoms with Crippen LogP contribution in [0.25, 0.3) is 0 Å². The van der Waals surface area contributed by atoms with Crippen LogP contribution < -0.4 is 9.80 Å². The van der Waals surface area contributed by atoms with E-state index >= 15 is 0 Å². The summed E-state index contributed by atoms with van der Waals surface area (Å²) < 4.78 is 0. The number of para-hydroxylation sites is 1. The van der Waals surface area contributed by atoms with Crippen LogP contribution in [-0.2, 0) is 4.79 Å². The minimum atomic E-state index is -0.465. The lowest BCUT2D eigenvalue weighted by molar-refractivity contribution is -0.384. The second-order valence-corrected chi connectivity index (χ2v) is 8.09. The van der Waals surface area contributed by atoms with Crippen LogP contribution in [0.15, 0.2) is 78.9 Å². The molecule has 0 aromatic heterocycles. The number of rotatable bonds is 5. The van der Waals surface area contributed by atoms with E-state index in [4.69, 9.17) is 0 Å². The van der Waals surface area contributed by atoms with E-state index in [2.05, 4.69) is 0 Å². The molecule has 0 spiro atoms. The molecule has 0 bridgehead atoms. The van der Waals surface area contributed by atoms with Gasteiger partial charge in [-0.05, 0) is 43.2 Å². The molecule has 3 aromatic rings. The third kappa shape index (κ3) is 4.22. The van der Waals surface area contributed by atoms with Crippen molar-refractivity contribution >= 4 is 28.9 Å². The molecule has 0 radical (unpaired) electrons. The Bertz CT molecular complexity index is 1190. The van der Waals surface area contributed by atoms with Crippen molar-refractivity contribution in [3.05, 3.63) is 100 Å². The zero-order chi connectivity index (χ0) is 23.5. The highest BCUT2D eigenvalue weighted by Gasteiger charge is 2.38. The smallest absolute Gasteiger partial charge is 0.271 e. The van der Waals surface area contributed by atoms with Crippen LogP contribution in [-0.4, -0.2) is 22.8 Å². The first kappa shape index (κ1) is 22.2. The molecule has 0 fully saturated rings. The minimum absolute atomic E-state index is 0.0182. The summed E-state index contributed by atoms with van der Waals surface area (Å²) in [6.45, 7) is 3.80. The Kier molecular flexibility index (Phi) is 6.22. The summed E-state index contributed by atoms with van der Waals surface area (Å²) in [4.78, 5) is 40.9. The van der Waals surface area contributed by atoms with Crippen molar-refractivity contribution in [2.75, 3.05) is 9.80 Å². The number of hydrogen-bond donors (Lipinski definition) is 0. The molecule has 2 atom stereocenters. The van der Waals surface area contributed by atoms with Crippen LogP contribution in [0.4, 0.5) is 17.1 Å². The fraction of sp³-hybridized carbons (Fsp3) is 0.231. The number of carbonyl (C=O) groups is 2. The number of nitro groups is 1. The number of amides is 2. The first-order valence-electron chi connectivity index (χ1n) is 11.0. The highest BCUT2D eigenvalue weighted by atomic mass is 16.6. The standard InChI is InChI=1S/C26H25N3O4/c1-3-25(30)27-18(2)16-24(22-14-7-8-15-23(22)27)28(26(31)19-10-5-4-6-11-19)20-12-9-13-21(17-20)29(32)33/h4-15,17-18,24H,3,16H2,1-2H3/t18-,24-/m0/s1. The molecule has 1 aliphatic rings. The SMILES string of the molecule is CCC(=O)N1c2ccccc2[C@@H](N(C(=O)c2ccccc2)c2cccc([N+](=O)[O-])c2)C[C@@H]1C. The summed E-state index contributed by atoms with van der Waals surface area (Å²) in [6, 6.07) is 22.0. The molecule has 0 saturated heterocycles. The summed E-state index contributed by atoms with van der Waals surface area (Å²) in [5.74, 6) is -0.233. The maximum absolute atomic E-state index is 13.8. The van der Waals surface area contributed by atoms with Crippen LogP contribution in [0.3, 0.4) is 0 Å². The van der Waals surface area contributed by atoms with Gasteiger partial charge in [0.1, 0.15) is 0 Å². The number of anilines is 2. The van der Waals surface area contributed by atoms with Crippen molar-refractivity contribution in [1.82, 2.24) is 0 Å². The molecule has 1 heterocycles. The van der Waals surface area contributed by atoms with Gasteiger partial charge in [-0.25, -0.2) is 0 Å². The molecule has 33 heavy (non-hydrogen) atoms. The predicted molar refractivity (Wildman–Crippen MR) is 127 cm³/mol. The topological polar surface area (TPSA) is 83.8 Å². The lowest BCUT2D eigenvalue weighted by atomic mass is 9.89. The van der Waals surface area contributed by atoms with E-state index in [-0.39, 0.29) is 23.5 Å². The molecule has 7 nitrogen and oxygen atoms in total. The number of benzene rings is 3. The van der Waals surface area contributed by atoms with E-state index in [0.29, 0.717) is 24.1 Å². The zero-order valence-electron chi connectivity index (χ0n) is 18.5. The highest BCUT2D eigenvalue weighted by Crippen LogP contribution is 2.43. The predicted octanol–water partition coefficient (Wildman–Crippen LogP) is 5.52. The third-order valence-electron chi connectivity index (χ3n) is 6.00. The largest absolute Gasteiger partial charge is 0.309 e. The Balaban J connectivity index is 1.89. The number of non-ortho nitro benzene ring substituents is 1. The molecule has 0 saturated carbocycles. The van der Waals surface area contributed by atoms with E-state index in [0.717, 1.165) is 11.3 Å². The van der Waals surface area contributed by atoms with Crippen molar-refractivity contribution < 1.29 is 14.5 Å². The Morgan fingerprint density at radius 2 is 1.73 bits per heavy atom. The lowest BCUT2D eigenvalue weighted by Crippen LogP contribution is -2.47. The summed E-state index contributed by atoms with van der Waals surface area (Å²) in [7, 11) is 0. The number of hydrogen-bond acceptors (Lipinski definition) is 4. The molecule has 168 valence electrons. The van der Waals surface area contributed by atoms with Gasteiger partial charge in [0.05, 0.1) is 16.7 Å². The maximum Gasteiger partial charge on any atom is 0.271 e. The summed E-state index contributed by atoms with van der Waals surface area (Å²) in [5, 5.41) is 11.5. The van der Waals surface area contributed by atoms with Crippen molar-refractivity contribution in [2.45, 2.75) is 38.8 Å². The minimum Gasteiger partial charge on any atom is -0.309 e. The fourth-order valence-corrected chi connectivity index (χ4v) is 4.49. The number of fused-ring (bicyclic) bond motifs is 1. The lowest BCUT2D eigenvalue weighted by Gasteiger charge is -2.43. The maximum atomic E-state index is 13.8. The van der Waals surface area contributed by atoms with Gasteiger partial charge in [-0.1, -0.05) is 49.4 Å². The highest BCUT2D eigenvalue weighted by molar-refractivity contribution is 6.07. The number of nitro benzene ring substituents is 1. The first-order chi connectivity index (χ1) is 15.9. The second kappa shape index (κ2) is 9.24. The van der Waals surface area contributed by atoms with Gasteiger partial charge >= 0.3 is 0 Å². The van der Waals surface area contributed by atoms with Crippen LogP contribution in [0.5, 0.6) is 0 Å². The second-order valence-electron chi connectivity index (χ2n) is 8.09. The van der Waals surface area contributed by atoms with Gasteiger partial charge in [-0.15, -0.1) is 0 Å². The van der Waals surface area contributed by atoms with E-state index < -0.39 is 11.0 Å². The van der Waals surface area contributed by atoms with Gasteiger partial charge in [-0.3, -0.25) is 19.7 Å². The molecule has 7 heteroatoms. The van der Waals surface area contributed by atoms with Gasteiger partial charge in [0, 0.05) is 35.8 Å². The van der Waals surface area contributed by atoms with Gasteiger partial charge in [0.25, 0.3) is 11.6 Å². The van der Waals surface area contributed by atoms with Gasteiger partial charge in [0.15, 0.2) is 0 Å². The average molecular weight is 444 g/mol. The quantitative estimate of drug-likeness (QED) is 0.384. The zero-order valence-corrected chi connectivity index (χ0v) is 18.5. The Morgan fingerprint density at radius 1 is 1.03 bits per heavy atom. The van der Waals surface area contributed by atoms with Crippen LogP contribution in [0.1, 0.15) is 48.7 Å². The summed E-state index contributed by atoms with van der Waals surface area (Å²) in [5.41, 5.74) is 2.46. The van der Waals surface area contributed by atoms with Crippen molar-refractivity contribution in [3.8, 4) is 0 Å². The molecule has 2 amide bonds. The van der Waals surface area contributed by atoms with Crippen LogP contribution in [0.2, 0.25) is 0 Å². The summed E-state index contributed by atoms with van der Waals surface area (Å²) >= 11 is 0. The average Bonchev–Trinajstić information content (AvgIpc) is 2.84. The van der Waals surface area contributed by atoms with Gasteiger partial charge < -0.3 is 9.80 Å². The molecular weight excluding hydrogens is 418 g/mol. The monoisotopic (exact) mass is 443 g/mol. The van der Waals surface area contributed by atoms with Gasteiger partial charge in [-0.2, -0.15) is 0 Å². The van der Waals surface area contributed by atoms with E-state index in [1.807, 2.05) is 44.2 Å². The molecule has 4 rings (SSSR count). The molecule has 1 aliphatic heterocycles. The fourth-order valence-electron chi connectivity index (χ4n) is 4.49. The molecule has 3 aromatic carbocycles. The van der Waals surface area contributed by atoms with Crippen LogP contribution in [0, 0.1) is 10.1 Å². The first-order valence-corrected chi connectivity index (χ1v) is 11.0. The van der Waals surface area contributed by atoms with Crippen molar-refractivity contribution in [2.24, 2.45) is 0 Å². The Labute approximate surface area is 192 Å². The molecule has 0 aliphatic carbocycles.